The summed E-state index contributed by atoms with van der Waals surface area (Å²) in [5, 5.41) is 9.06. The average molecular weight is 363 g/mol. The average Bonchev–Trinajstić information content (AvgIpc) is 3.31. The maximum absolute atomic E-state index is 11.0. The molecule has 2 aromatic heterocycles. The Bertz CT molecular complexity index is 951. The van der Waals surface area contributed by atoms with E-state index in [1.165, 1.54) is 0 Å². The summed E-state index contributed by atoms with van der Waals surface area (Å²) in [6.45, 7) is 1.73. The second-order valence-electron chi connectivity index (χ2n) is 6.78. The number of carbonyl (C=O) groups is 1. The van der Waals surface area contributed by atoms with Crippen molar-refractivity contribution >= 4 is 5.97 Å². The van der Waals surface area contributed by atoms with E-state index in [0.717, 1.165) is 48.7 Å². The fraction of sp³-hybridized carbons (Fsp3) is 0.300. The normalized spacial score (nSPS) is 17.3. The Hall–Kier alpha value is -3.06. The molecule has 0 aliphatic carbocycles. The van der Waals surface area contributed by atoms with Crippen LogP contribution in [0.15, 0.2) is 49.1 Å². The molecule has 1 aliphatic rings. The molecule has 1 saturated heterocycles. The summed E-state index contributed by atoms with van der Waals surface area (Å²) in [6, 6.07) is 7.25. The largest absolute Gasteiger partial charge is 0.478 e. The van der Waals surface area contributed by atoms with Gasteiger partial charge in [-0.3, -0.25) is 9.88 Å². The summed E-state index contributed by atoms with van der Waals surface area (Å²) in [6.07, 6.45) is 9.23. The molecule has 1 N–H and O–H groups in total. The fourth-order valence-corrected chi connectivity index (χ4v) is 3.67. The molecule has 7 nitrogen and oxygen atoms in total. The number of carboxylic acid groups (broad SMARTS) is 1. The van der Waals surface area contributed by atoms with Crippen molar-refractivity contribution in [2.24, 2.45) is 7.05 Å². The van der Waals surface area contributed by atoms with Crippen molar-refractivity contribution in [3.63, 3.8) is 0 Å². The zero-order valence-electron chi connectivity index (χ0n) is 15.1. The molecule has 7 heteroatoms. The molecule has 3 heterocycles. The van der Waals surface area contributed by atoms with Gasteiger partial charge in [0, 0.05) is 38.4 Å². The summed E-state index contributed by atoms with van der Waals surface area (Å²) in [5.41, 5.74) is 3.17. The number of aromatic nitrogens is 4. The van der Waals surface area contributed by atoms with Gasteiger partial charge in [-0.1, -0.05) is 12.1 Å². The van der Waals surface area contributed by atoms with Crippen molar-refractivity contribution in [2.45, 2.75) is 25.4 Å². The van der Waals surface area contributed by atoms with Gasteiger partial charge in [-0.15, -0.1) is 0 Å². The van der Waals surface area contributed by atoms with Gasteiger partial charge in [0.2, 0.25) is 0 Å². The van der Waals surface area contributed by atoms with Crippen LogP contribution in [-0.2, 0) is 13.6 Å². The Morgan fingerprint density at radius 1 is 1.15 bits per heavy atom. The molecule has 27 heavy (non-hydrogen) atoms. The van der Waals surface area contributed by atoms with Crippen molar-refractivity contribution in [3.05, 3.63) is 65.9 Å². The number of hydrogen-bond acceptors (Lipinski definition) is 5. The van der Waals surface area contributed by atoms with Crippen molar-refractivity contribution in [1.29, 1.82) is 0 Å². The number of imidazole rings is 1. The first-order chi connectivity index (χ1) is 13.1. The van der Waals surface area contributed by atoms with Crippen molar-refractivity contribution in [2.75, 3.05) is 6.54 Å². The molecule has 4 rings (SSSR count). The van der Waals surface area contributed by atoms with Crippen LogP contribution in [-0.4, -0.2) is 42.0 Å². The summed E-state index contributed by atoms with van der Waals surface area (Å²) in [4.78, 5) is 27.1. The van der Waals surface area contributed by atoms with Gasteiger partial charge in [0.25, 0.3) is 0 Å². The molecular weight excluding hydrogens is 342 g/mol. The molecule has 1 aliphatic heterocycles. The minimum absolute atomic E-state index is 0.171. The van der Waals surface area contributed by atoms with Gasteiger partial charge in [0.05, 0.1) is 17.3 Å². The van der Waals surface area contributed by atoms with Gasteiger partial charge in [0.1, 0.15) is 5.69 Å². The molecule has 1 aromatic carbocycles. The molecule has 138 valence electrons. The fourth-order valence-electron chi connectivity index (χ4n) is 3.67. The lowest BCUT2D eigenvalue weighted by Crippen LogP contribution is -2.24. The summed E-state index contributed by atoms with van der Waals surface area (Å²) in [5.74, 6) is -0.0874. The number of aromatic carboxylic acids is 1. The van der Waals surface area contributed by atoms with Gasteiger partial charge < -0.3 is 9.67 Å². The minimum Gasteiger partial charge on any atom is -0.478 e. The third-order valence-corrected chi connectivity index (χ3v) is 5.03. The van der Waals surface area contributed by atoms with E-state index in [1.54, 1.807) is 30.7 Å². The van der Waals surface area contributed by atoms with Crippen molar-refractivity contribution < 1.29 is 9.90 Å². The van der Waals surface area contributed by atoms with Crippen LogP contribution in [0.1, 0.15) is 40.5 Å². The lowest BCUT2D eigenvalue weighted by atomic mass is 10.1. The SMILES string of the molecule is Cn1ccnc1-c1nccnc1C1CCCN1Cc1ccc(C(=O)O)cc1. The Balaban J connectivity index is 1.61. The molecule has 1 atom stereocenters. The van der Waals surface area contributed by atoms with E-state index >= 15 is 0 Å². The maximum atomic E-state index is 11.0. The molecule has 0 bridgehead atoms. The van der Waals surface area contributed by atoms with E-state index in [4.69, 9.17) is 5.11 Å². The highest BCUT2D eigenvalue weighted by molar-refractivity contribution is 5.87. The number of likely N-dealkylation sites (tertiary alicyclic amines) is 1. The van der Waals surface area contributed by atoms with Gasteiger partial charge in [-0.2, -0.15) is 0 Å². The van der Waals surface area contributed by atoms with Crippen LogP contribution in [0.2, 0.25) is 0 Å². The van der Waals surface area contributed by atoms with E-state index in [-0.39, 0.29) is 6.04 Å². The van der Waals surface area contributed by atoms with Gasteiger partial charge >= 0.3 is 5.97 Å². The van der Waals surface area contributed by atoms with E-state index in [9.17, 15) is 4.79 Å². The Morgan fingerprint density at radius 3 is 2.63 bits per heavy atom. The smallest absolute Gasteiger partial charge is 0.335 e. The van der Waals surface area contributed by atoms with E-state index < -0.39 is 5.97 Å². The summed E-state index contributed by atoms with van der Waals surface area (Å²) < 4.78 is 1.96. The lowest BCUT2D eigenvalue weighted by Gasteiger charge is -2.25. The topological polar surface area (TPSA) is 84.1 Å². The van der Waals surface area contributed by atoms with E-state index in [1.807, 2.05) is 29.9 Å². The summed E-state index contributed by atoms with van der Waals surface area (Å²) in [7, 11) is 1.96. The number of benzene rings is 1. The van der Waals surface area contributed by atoms with Crippen LogP contribution in [0.4, 0.5) is 0 Å². The van der Waals surface area contributed by atoms with Crippen LogP contribution in [0.3, 0.4) is 0 Å². The molecule has 1 fully saturated rings. The molecule has 3 aromatic rings. The van der Waals surface area contributed by atoms with E-state index in [2.05, 4.69) is 19.9 Å². The predicted octanol–water partition coefficient (Wildman–Crippen LogP) is 2.91. The minimum atomic E-state index is -0.903. The highest BCUT2D eigenvalue weighted by atomic mass is 16.4. The number of aryl methyl sites for hydroxylation is 1. The number of rotatable bonds is 5. The zero-order chi connectivity index (χ0) is 18.8. The monoisotopic (exact) mass is 363 g/mol. The quantitative estimate of drug-likeness (QED) is 0.750. The first kappa shape index (κ1) is 17.4. The van der Waals surface area contributed by atoms with Crippen LogP contribution >= 0.6 is 0 Å². The molecule has 0 amide bonds. The molecule has 0 saturated carbocycles. The molecule has 0 radical (unpaired) electrons. The van der Waals surface area contributed by atoms with Crippen molar-refractivity contribution in [3.8, 4) is 11.5 Å². The molecule has 0 spiro atoms. The Morgan fingerprint density at radius 2 is 1.93 bits per heavy atom. The zero-order valence-corrected chi connectivity index (χ0v) is 15.1. The number of hydrogen-bond donors (Lipinski definition) is 1. The van der Waals surface area contributed by atoms with Gasteiger partial charge in [-0.05, 0) is 37.1 Å². The van der Waals surface area contributed by atoms with Gasteiger partial charge in [0.15, 0.2) is 5.82 Å². The van der Waals surface area contributed by atoms with Crippen LogP contribution < -0.4 is 0 Å². The second-order valence-corrected chi connectivity index (χ2v) is 6.78. The third-order valence-electron chi connectivity index (χ3n) is 5.03. The highest BCUT2D eigenvalue weighted by Crippen LogP contribution is 2.35. The Kier molecular flexibility index (Phi) is 4.68. The highest BCUT2D eigenvalue weighted by Gasteiger charge is 2.30. The first-order valence-electron chi connectivity index (χ1n) is 8.98. The van der Waals surface area contributed by atoms with Crippen LogP contribution in [0.25, 0.3) is 11.5 Å². The maximum Gasteiger partial charge on any atom is 0.335 e. The lowest BCUT2D eigenvalue weighted by molar-refractivity contribution is 0.0697. The number of carboxylic acids is 1. The van der Waals surface area contributed by atoms with Crippen LogP contribution in [0, 0.1) is 0 Å². The molecular formula is C20H21N5O2. The van der Waals surface area contributed by atoms with E-state index in [0.29, 0.717) is 5.56 Å². The van der Waals surface area contributed by atoms with Gasteiger partial charge in [-0.25, -0.2) is 14.8 Å². The first-order valence-corrected chi connectivity index (χ1v) is 8.98. The second kappa shape index (κ2) is 7.28. The predicted molar refractivity (Wildman–Crippen MR) is 100 cm³/mol. The molecule has 1 unspecified atom stereocenters. The van der Waals surface area contributed by atoms with Crippen LogP contribution in [0.5, 0.6) is 0 Å². The Labute approximate surface area is 157 Å². The number of nitrogens with zero attached hydrogens (tertiary/aromatic N) is 5. The third kappa shape index (κ3) is 3.46. The van der Waals surface area contributed by atoms with Crippen molar-refractivity contribution in [1.82, 2.24) is 24.4 Å². The summed E-state index contributed by atoms with van der Waals surface area (Å²) >= 11 is 0. The standard InChI is InChI=1S/C20H21N5O2/c1-24-12-10-23-19(24)18-17(21-8-9-22-18)16-3-2-11-25(16)13-14-4-6-15(7-5-14)20(26)27/h4-10,12,16H,2-3,11,13H2,1H3,(H,26,27).